The van der Waals surface area contributed by atoms with Crippen molar-refractivity contribution in [1.29, 1.82) is 0 Å². The van der Waals surface area contributed by atoms with Crippen LogP contribution in [0.25, 0.3) is 5.52 Å². The van der Waals surface area contributed by atoms with Gasteiger partial charge in [-0.05, 0) is 19.1 Å². The summed E-state index contributed by atoms with van der Waals surface area (Å²) in [6.07, 6.45) is -3.67. The number of hydrogen-bond donors (Lipinski definition) is 0. The third kappa shape index (κ3) is 2.41. The number of rotatable bonds is 1. The molecule has 3 rings (SSSR count). The fourth-order valence-corrected chi connectivity index (χ4v) is 2.59. The van der Waals surface area contributed by atoms with E-state index in [9.17, 15) is 18.0 Å². The number of alkyl halides is 3. The Morgan fingerprint density at radius 2 is 2.18 bits per heavy atom. The first-order valence-electron chi connectivity index (χ1n) is 6.68. The number of ether oxygens (including phenoxy) is 1. The predicted molar refractivity (Wildman–Crippen MR) is 69.3 cm³/mol. The van der Waals surface area contributed by atoms with Crippen LogP contribution < -0.4 is 0 Å². The van der Waals surface area contributed by atoms with Gasteiger partial charge < -0.3 is 9.64 Å². The van der Waals surface area contributed by atoms with E-state index in [1.807, 2.05) is 0 Å². The Balaban J connectivity index is 1.91. The fourth-order valence-electron chi connectivity index (χ4n) is 2.59. The second kappa shape index (κ2) is 5.24. The van der Waals surface area contributed by atoms with Crippen LogP contribution in [0.3, 0.4) is 0 Å². The molecule has 118 valence electrons. The summed E-state index contributed by atoms with van der Waals surface area (Å²) in [4.78, 5) is 13.8. The Morgan fingerprint density at radius 3 is 2.91 bits per heavy atom. The summed E-state index contributed by atoms with van der Waals surface area (Å²) >= 11 is 0. The molecule has 2 aromatic rings. The van der Waals surface area contributed by atoms with Crippen molar-refractivity contribution in [3.63, 3.8) is 0 Å². The topological polar surface area (TPSA) is 59.7 Å². The lowest BCUT2D eigenvalue weighted by molar-refractivity contribution is -0.246. The van der Waals surface area contributed by atoms with E-state index >= 15 is 0 Å². The van der Waals surface area contributed by atoms with Gasteiger partial charge in [0.1, 0.15) is 5.52 Å². The summed E-state index contributed by atoms with van der Waals surface area (Å²) in [7, 11) is 0. The van der Waals surface area contributed by atoms with E-state index in [-0.39, 0.29) is 18.7 Å². The standard InChI is InChI=1S/C13H13F3N4O2/c1-8-11(13(14,15)16)22-6-5-19(8)12(21)9-7-18-20-10(9)3-2-4-17-20/h2-4,7-8,11H,5-6H2,1H3. The first kappa shape index (κ1) is 14.8. The zero-order valence-corrected chi connectivity index (χ0v) is 11.6. The molecule has 3 heterocycles. The largest absolute Gasteiger partial charge is 0.416 e. The number of fused-ring (bicyclic) bond motifs is 1. The lowest BCUT2D eigenvalue weighted by Gasteiger charge is -2.39. The number of morpholine rings is 1. The van der Waals surface area contributed by atoms with Crippen molar-refractivity contribution < 1.29 is 22.7 Å². The highest BCUT2D eigenvalue weighted by atomic mass is 19.4. The quantitative estimate of drug-likeness (QED) is 0.801. The van der Waals surface area contributed by atoms with Crippen molar-refractivity contribution in [3.8, 4) is 0 Å². The lowest BCUT2D eigenvalue weighted by Crippen LogP contribution is -2.57. The van der Waals surface area contributed by atoms with Crippen LogP contribution in [0.1, 0.15) is 17.3 Å². The van der Waals surface area contributed by atoms with Gasteiger partial charge in [-0.3, -0.25) is 4.79 Å². The number of nitrogens with zero attached hydrogens (tertiary/aromatic N) is 4. The SMILES string of the molecule is CC1C(C(F)(F)F)OCCN1C(=O)c1cnn2ncccc12. The smallest absolute Gasteiger partial charge is 0.365 e. The van der Waals surface area contributed by atoms with E-state index in [1.54, 1.807) is 12.1 Å². The molecule has 2 atom stereocenters. The van der Waals surface area contributed by atoms with Crippen molar-refractivity contribution in [1.82, 2.24) is 19.7 Å². The molecule has 6 nitrogen and oxygen atoms in total. The highest BCUT2D eigenvalue weighted by Gasteiger charge is 2.49. The molecule has 0 aromatic carbocycles. The highest BCUT2D eigenvalue weighted by Crippen LogP contribution is 2.30. The van der Waals surface area contributed by atoms with Gasteiger partial charge in [0.05, 0.1) is 24.4 Å². The summed E-state index contributed by atoms with van der Waals surface area (Å²) in [5.41, 5.74) is 0.678. The number of halogens is 3. The first-order valence-corrected chi connectivity index (χ1v) is 6.68. The van der Waals surface area contributed by atoms with Gasteiger partial charge in [0, 0.05) is 12.7 Å². The second-order valence-corrected chi connectivity index (χ2v) is 5.03. The Labute approximate surface area is 123 Å². The van der Waals surface area contributed by atoms with Crippen LogP contribution in [0, 0.1) is 0 Å². The molecular weight excluding hydrogens is 301 g/mol. The minimum atomic E-state index is -4.51. The summed E-state index contributed by atoms with van der Waals surface area (Å²) in [6.45, 7) is 1.28. The van der Waals surface area contributed by atoms with Gasteiger partial charge in [0.2, 0.25) is 0 Å². The zero-order chi connectivity index (χ0) is 15.9. The third-order valence-electron chi connectivity index (χ3n) is 3.68. The molecule has 1 amide bonds. The molecule has 0 saturated carbocycles. The summed E-state index contributed by atoms with van der Waals surface area (Å²) in [5, 5.41) is 7.86. The van der Waals surface area contributed by atoms with Crippen LogP contribution in [0.5, 0.6) is 0 Å². The maximum Gasteiger partial charge on any atom is 0.416 e. The molecule has 0 N–H and O–H groups in total. The molecule has 0 bridgehead atoms. The molecule has 1 fully saturated rings. The molecule has 22 heavy (non-hydrogen) atoms. The maximum absolute atomic E-state index is 12.9. The Kier molecular flexibility index (Phi) is 3.51. The van der Waals surface area contributed by atoms with Crippen molar-refractivity contribution in [2.45, 2.75) is 25.2 Å². The van der Waals surface area contributed by atoms with Crippen molar-refractivity contribution in [2.24, 2.45) is 0 Å². The summed E-state index contributed by atoms with van der Waals surface area (Å²) in [6, 6.07) is 2.17. The molecular formula is C13H13F3N4O2. The van der Waals surface area contributed by atoms with Crippen LogP contribution in [0.4, 0.5) is 13.2 Å². The van der Waals surface area contributed by atoms with Crippen molar-refractivity contribution >= 4 is 11.4 Å². The lowest BCUT2D eigenvalue weighted by atomic mass is 10.1. The van der Waals surface area contributed by atoms with Gasteiger partial charge in [-0.15, -0.1) is 0 Å². The minimum Gasteiger partial charge on any atom is -0.365 e. The second-order valence-electron chi connectivity index (χ2n) is 5.03. The van der Waals surface area contributed by atoms with Crippen LogP contribution in [0.15, 0.2) is 24.5 Å². The molecule has 0 aliphatic carbocycles. The normalized spacial score (nSPS) is 23.0. The maximum atomic E-state index is 12.9. The summed E-state index contributed by atoms with van der Waals surface area (Å²) < 4.78 is 44.9. The van der Waals surface area contributed by atoms with Gasteiger partial charge in [0.15, 0.2) is 6.10 Å². The van der Waals surface area contributed by atoms with E-state index in [2.05, 4.69) is 10.2 Å². The molecule has 2 unspecified atom stereocenters. The van der Waals surface area contributed by atoms with Crippen LogP contribution in [-0.4, -0.2) is 57.1 Å². The van der Waals surface area contributed by atoms with E-state index in [0.29, 0.717) is 5.52 Å². The van der Waals surface area contributed by atoms with Gasteiger partial charge >= 0.3 is 6.18 Å². The fraction of sp³-hybridized carbons (Fsp3) is 0.462. The monoisotopic (exact) mass is 314 g/mol. The average molecular weight is 314 g/mol. The van der Waals surface area contributed by atoms with Gasteiger partial charge in [0.25, 0.3) is 5.91 Å². The Bertz CT molecular complexity index is 700. The van der Waals surface area contributed by atoms with Gasteiger partial charge in [-0.2, -0.15) is 28.0 Å². The van der Waals surface area contributed by atoms with Crippen molar-refractivity contribution in [3.05, 3.63) is 30.1 Å². The zero-order valence-electron chi connectivity index (χ0n) is 11.6. The van der Waals surface area contributed by atoms with Crippen LogP contribution >= 0.6 is 0 Å². The molecule has 0 spiro atoms. The third-order valence-corrected chi connectivity index (χ3v) is 3.68. The minimum absolute atomic E-state index is 0.101. The molecule has 0 radical (unpaired) electrons. The van der Waals surface area contributed by atoms with Gasteiger partial charge in [-0.1, -0.05) is 0 Å². The van der Waals surface area contributed by atoms with Crippen LogP contribution in [0.2, 0.25) is 0 Å². The van der Waals surface area contributed by atoms with E-state index < -0.39 is 24.2 Å². The number of amides is 1. The number of carbonyl (C=O) groups is 1. The first-order chi connectivity index (χ1) is 10.4. The average Bonchev–Trinajstić information content (AvgIpc) is 2.89. The Morgan fingerprint density at radius 1 is 1.41 bits per heavy atom. The molecule has 9 heteroatoms. The number of carbonyl (C=O) groups excluding carboxylic acids is 1. The van der Waals surface area contributed by atoms with Crippen LogP contribution in [-0.2, 0) is 4.74 Å². The Hall–Kier alpha value is -2.16. The summed E-state index contributed by atoms with van der Waals surface area (Å²) in [5.74, 6) is -0.506. The van der Waals surface area contributed by atoms with Crippen molar-refractivity contribution in [2.75, 3.05) is 13.2 Å². The number of aromatic nitrogens is 3. The molecule has 1 saturated heterocycles. The predicted octanol–water partition coefficient (Wildman–Crippen LogP) is 1.52. The highest BCUT2D eigenvalue weighted by molar-refractivity contribution is 6.00. The molecule has 1 aliphatic heterocycles. The van der Waals surface area contributed by atoms with E-state index in [1.165, 1.54) is 28.8 Å². The number of hydrogen-bond acceptors (Lipinski definition) is 4. The molecule has 2 aromatic heterocycles. The molecule has 1 aliphatic rings. The van der Waals surface area contributed by atoms with E-state index in [0.717, 1.165) is 0 Å². The van der Waals surface area contributed by atoms with E-state index in [4.69, 9.17) is 4.74 Å². The van der Waals surface area contributed by atoms with Gasteiger partial charge in [-0.25, -0.2) is 0 Å².